The summed E-state index contributed by atoms with van der Waals surface area (Å²) in [5.74, 6) is -6.69. The predicted octanol–water partition coefficient (Wildman–Crippen LogP) is 6.96. The highest BCUT2D eigenvalue weighted by molar-refractivity contribution is 5.93. The van der Waals surface area contributed by atoms with Gasteiger partial charge in [0.2, 0.25) is 0 Å². The van der Waals surface area contributed by atoms with E-state index < -0.39 is 67.3 Å². The second kappa shape index (κ2) is 10.2. The molecule has 0 aromatic heterocycles. The van der Waals surface area contributed by atoms with E-state index in [0.29, 0.717) is 0 Å². The molecule has 0 spiro atoms. The Hall–Kier alpha value is -1.63. The fraction of sp³-hybridized carbons (Fsp3) is 0.900. The van der Waals surface area contributed by atoms with Crippen LogP contribution in [-0.2, 0) is 14.4 Å². The van der Waals surface area contributed by atoms with Crippen LogP contribution in [0.1, 0.15) is 123 Å². The van der Waals surface area contributed by atoms with Crippen molar-refractivity contribution in [2.45, 2.75) is 129 Å². The third-order valence-corrected chi connectivity index (χ3v) is 10.6. The fourth-order valence-electron chi connectivity index (χ4n) is 4.60. The number of hydrogen-bond donors (Lipinski definition) is 4. The van der Waals surface area contributed by atoms with Gasteiger partial charge in [0.1, 0.15) is 5.41 Å². The summed E-state index contributed by atoms with van der Waals surface area (Å²) in [6.45, 7) is 28.4. The topological polar surface area (TPSA) is 132 Å². The van der Waals surface area contributed by atoms with Crippen LogP contribution in [0.4, 0.5) is 0 Å². The van der Waals surface area contributed by atoms with Crippen LogP contribution in [0.15, 0.2) is 0 Å². The van der Waals surface area contributed by atoms with Gasteiger partial charge in [-0.3, -0.25) is 9.59 Å². The van der Waals surface area contributed by atoms with Crippen LogP contribution >= 0.6 is 0 Å². The highest BCUT2D eigenvalue weighted by Crippen LogP contribution is 2.60. The third kappa shape index (κ3) is 6.69. The molecule has 0 fully saturated rings. The largest absolute Gasteiger partial charge is 0.481 e. The second-order valence-electron chi connectivity index (χ2n) is 16.3. The number of aliphatic carboxylic acids is 3. The Kier molecular flexibility index (Phi) is 9.71. The lowest BCUT2D eigenvalue weighted by atomic mass is 9.48. The van der Waals surface area contributed by atoms with Crippen molar-refractivity contribution in [2.24, 2.45) is 43.8 Å². The Morgan fingerprint density at radius 2 is 0.838 bits per heavy atom. The molecule has 4 N–H and O–H groups in total. The van der Waals surface area contributed by atoms with Crippen molar-refractivity contribution >= 4 is 17.9 Å². The molecular weight excluding hydrogens is 472 g/mol. The van der Waals surface area contributed by atoms with Crippen molar-refractivity contribution in [3.05, 3.63) is 0 Å². The van der Waals surface area contributed by atoms with E-state index >= 15 is 0 Å². The van der Waals surface area contributed by atoms with Crippen molar-refractivity contribution in [3.8, 4) is 0 Å². The zero-order valence-electron chi connectivity index (χ0n) is 26.2. The van der Waals surface area contributed by atoms with Gasteiger partial charge in [0, 0.05) is 0 Å². The monoisotopic (exact) mass is 528 g/mol. The Labute approximate surface area is 225 Å². The van der Waals surface area contributed by atoms with Gasteiger partial charge < -0.3 is 20.4 Å². The summed E-state index contributed by atoms with van der Waals surface area (Å²) in [5.41, 5.74) is -9.05. The maximum atomic E-state index is 13.5. The predicted molar refractivity (Wildman–Crippen MR) is 147 cm³/mol. The van der Waals surface area contributed by atoms with Gasteiger partial charge in [-0.2, -0.15) is 0 Å². The summed E-state index contributed by atoms with van der Waals surface area (Å²) in [6.07, 6.45) is -0.655. The van der Waals surface area contributed by atoms with E-state index in [1.54, 1.807) is 0 Å². The molecule has 2 atom stereocenters. The molecule has 0 aliphatic heterocycles. The number of carboxylic acid groups (broad SMARTS) is 3. The van der Waals surface area contributed by atoms with Crippen LogP contribution in [-0.4, -0.2) is 43.9 Å². The standard InChI is InChI=1S/C30H56O7/c1-23(2,3)26(10,11)16-19(20(31)32)30(37,22(35)36)29(21(33)34,17-27(12,13)24(4,5)6)18-28(14,15)25(7,8)9/h19,37H,16-18H2,1-15H3,(H,31,32)(H,33,34)(H,35,36). The van der Waals surface area contributed by atoms with Crippen molar-refractivity contribution in [2.75, 3.05) is 0 Å². The molecule has 0 aromatic carbocycles. The molecule has 0 saturated carbocycles. The summed E-state index contributed by atoms with van der Waals surface area (Å²) in [4.78, 5) is 39.4. The molecule has 0 aliphatic rings. The van der Waals surface area contributed by atoms with Gasteiger partial charge in [-0.25, -0.2) is 4.79 Å². The molecule has 0 heterocycles. The number of rotatable bonds is 11. The molecular formula is C30H56O7. The van der Waals surface area contributed by atoms with Gasteiger partial charge in [0.25, 0.3) is 0 Å². The molecule has 0 saturated heterocycles. The van der Waals surface area contributed by atoms with Crippen molar-refractivity contribution in [1.82, 2.24) is 0 Å². The Bertz CT molecular complexity index is 832. The van der Waals surface area contributed by atoms with E-state index in [0.717, 1.165) is 0 Å². The SMILES string of the molecule is CC(C)(C)C(C)(C)CC(C(=O)O)C(O)(C(=O)O)C(CC(C)(C)C(C)(C)C)(CC(C)(C)C(C)(C)C)C(=O)O. The molecule has 0 bridgehead atoms. The van der Waals surface area contributed by atoms with Crippen molar-refractivity contribution in [3.63, 3.8) is 0 Å². The molecule has 218 valence electrons. The van der Waals surface area contributed by atoms with E-state index in [1.165, 1.54) is 0 Å². The average molecular weight is 529 g/mol. The molecule has 0 aliphatic carbocycles. The van der Waals surface area contributed by atoms with Crippen molar-refractivity contribution < 1.29 is 34.8 Å². The van der Waals surface area contributed by atoms with Gasteiger partial charge in [-0.15, -0.1) is 0 Å². The number of aliphatic hydroxyl groups is 1. The summed E-state index contributed by atoms with van der Waals surface area (Å²) >= 11 is 0. The van der Waals surface area contributed by atoms with Crippen LogP contribution in [0.3, 0.4) is 0 Å². The molecule has 7 heteroatoms. The normalized spacial score (nSPS) is 17.2. The Morgan fingerprint density at radius 3 is 1.03 bits per heavy atom. The third-order valence-electron chi connectivity index (χ3n) is 10.6. The molecule has 37 heavy (non-hydrogen) atoms. The van der Waals surface area contributed by atoms with E-state index in [-0.39, 0.29) is 19.3 Å². The zero-order valence-corrected chi connectivity index (χ0v) is 26.2. The van der Waals surface area contributed by atoms with Gasteiger partial charge in [0.15, 0.2) is 5.60 Å². The highest BCUT2D eigenvalue weighted by atomic mass is 16.4. The minimum Gasteiger partial charge on any atom is -0.481 e. The minimum atomic E-state index is -3.09. The lowest BCUT2D eigenvalue weighted by Crippen LogP contribution is -2.67. The van der Waals surface area contributed by atoms with Gasteiger partial charge in [-0.05, 0) is 51.8 Å². The quantitative estimate of drug-likeness (QED) is 0.228. The smallest absolute Gasteiger partial charge is 0.337 e. The zero-order chi connectivity index (χ0) is 30.4. The molecule has 0 radical (unpaired) electrons. The molecule has 7 nitrogen and oxygen atoms in total. The van der Waals surface area contributed by atoms with Crippen LogP contribution in [0.2, 0.25) is 0 Å². The number of hydrogen-bond acceptors (Lipinski definition) is 4. The lowest BCUT2D eigenvalue weighted by molar-refractivity contribution is -0.221. The summed E-state index contributed by atoms with van der Waals surface area (Å²) < 4.78 is 0. The first kappa shape index (κ1) is 35.4. The van der Waals surface area contributed by atoms with E-state index in [4.69, 9.17) is 0 Å². The Balaban J connectivity index is 7.84. The summed E-state index contributed by atoms with van der Waals surface area (Å²) in [5, 5.41) is 44.4. The van der Waals surface area contributed by atoms with Gasteiger partial charge in [0.05, 0.1) is 5.92 Å². The van der Waals surface area contributed by atoms with E-state index in [1.807, 2.05) is 104 Å². The van der Waals surface area contributed by atoms with Crippen molar-refractivity contribution in [1.29, 1.82) is 0 Å². The maximum absolute atomic E-state index is 13.5. The number of carbonyl (C=O) groups is 3. The first-order valence-electron chi connectivity index (χ1n) is 13.3. The van der Waals surface area contributed by atoms with Gasteiger partial charge in [-0.1, -0.05) is 104 Å². The van der Waals surface area contributed by atoms with Gasteiger partial charge >= 0.3 is 17.9 Å². The molecule has 2 unspecified atom stereocenters. The minimum absolute atomic E-state index is 0.213. The molecule has 0 amide bonds. The van der Waals surface area contributed by atoms with Crippen LogP contribution in [0.25, 0.3) is 0 Å². The Morgan fingerprint density at radius 1 is 0.541 bits per heavy atom. The maximum Gasteiger partial charge on any atom is 0.337 e. The fourth-order valence-corrected chi connectivity index (χ4v) is 4.60. The number of carboxylic acids is 3. The second-order valence-corrected chi connectivity index (χ2v) is 16.3. The summed E-state index contributed by atoms with van der Waals surface area (Å²) in [6, 6.07) is 0. The summed E-state index contributed by atoms with van der Waals surface area (Å²) in [7, 11) is 0. The highest BCUT2D eigenvalue weighted by Gasteiger charge is 2.70. The van der Waals surface area contributed by atoms with E-state index in [9.17, 15) is 34.8 Å². The molecule has 0 rings (SSSR count). The average Bonchev–Trinajstić information content (AvgIpc) is 2.60. The lowest BCUT2D eigenvalue weighted by Gasteiger charge is -2.55. The van der Waals surface area contributed by atoms with E-state index in [2.05, 4.69) is 0 Å². The van der Waals surface area contributed by atoms with Crippen LogP contribution in [0.5, 0.6) is 0 Å². The first-order chi connectivity index (χ1) is 15.8. The first-order valence-corrected chi connectivity index (χ1v) is 13.3. The van der Waals surface area contributed by atoms with Crippen LogP contribution in [0, 0.1) is 43.8 Å². The van der Waals surface area contributed by atoms with Crippen LogP contribution < -0.4 is 0 Å². The molecule has 0 aromatic rings.